The number of thioether (sulfide) groups is 1. The first-order valence-corrected chi connectivity index (χ1v) is 7.43. The molecule has 1 aliphatic carbocycles. The number of benzene rings is 1. The highest BCUT2D eigenvalue weighted by molar-refractivity contribution is 7.98. The lowest BCUT2D eigenvalue weighted by Crippen LogP contribution is -2.38. The molecule has 4 heteroatoms. The van der Waals surface area contributed by atoms with Crippen LogP contribution < -0.4 is 10.1 Å². The maximum Gasteiger partial charge on any atom is 0.261 e. The van der Waals surface area contributed by atoms with Crippen LogP contribution in [0.2, 0.25) is 0 Å². The molecule has 0 radical (unpaired) electrons. The van der Waals surface area contributed by atoms with E-state index in [9.17, 15) is 4.79 Å². The molecule has 0 aromatic heterocycles. The third-order valence-electron chi connectivity index (χ3n) is 3.18. The Bertz CT molecular complexity index is 418. The van der Waals surface area contributed by atoms with Gasteiger partial charge in [0, 0.05) is 10.9 Å². The highest BCUT2D eigenvalue weighted by Gasteiger charge is 2.35. The normalized spacial score (nSPS) is 23.3. The molecule has 1 aromatic carbocycles. The molecule has 0 heterocycles. The number of hydrogen-bond donors (Lipinski definition) is 1. The Labute approximate surface area is 112 Å². The fraction of sp³-hybridized carbons (Fsp3) is 0.500. The fourth-order valence-electron chi connectivity index (χ4n) is 1.74. The highest BCUT2D eigenvalue weighted by atomic mass is 32.2. The average Bonchev–Trinajstić information content (AvgIpc) is 3.05. The summed E-state index contributed by atoms with van der Waals surface area (Å²) in [5.74, 6) is 1.32. The summed E-state index contributed by atoms with van der Waals surface area (Å²) in [5, 5.41) is 2.98. The largest absolute Gasteiger partial charge is 0.481 e. The maximum absolute atomic E-state index is 11.8. The summed E-state index contributed by atoms with van der Waals surface area (Å²) >= 11 is 1.68. The first-order valence-electron chi connectivity index (χ1n) is 6.21. The molecule has 1 saturated carbocycles. The summed E-state index contributed by atoms with van der Waals surface area (Å²) in [6.07, 6.45) is 2.67. The van der Waals surface area contributed by atoms with Gasteiger partial charge in [0.15, 0.2) is 6.10 Å². The van der Waals surface area contributed by atoms with E-state index in [0.29, 0.717) is 12.0 Å². The van der Waals surface area contributed by atoms with Crippen molar-refractivity contribution in [2.75, 3.05) is 6.26 Å². The molecule has 98 valence electrons. The zero-order valence-electron chi connectivity index (χ0n) is 11.0. The number of carbonyl (C=O) groups is 1. The van der Waals surface area contributed by atoms with Gasteiger partial charge in [-0.3, -0.25) is 4.79 Å². The molecule has 3 atom stereocenters. The summed E-state index contributed by atoms with van der Waals surface area (Å²) < 4.78 is 5.62. The second-order valence-electron chi connectivity index (χ2n) is 4.76. The van der Waals surface area contributed by atoms with Crippen molar-refractivity contribution in [3.63, 3.8) is 0 Å². The Morgan fingerprint density at radius 2 is 2.06 bits per heavy atom. The fourth-order valence-corrected chi connectivity index (χ4v) is 2.14. The van der Waals surface area contributed by atoms with Crippen molar-refractivity contribution in [1.29, 1.82) is 0 Å². The predicted molar refractivity (Wildman–Crippen MR) is 74.0 cm³/mol. The SMILES string of the molecule is CSc1ccc(O[C@H](C)C(=O)N[C@H]2C[C@@H]2C)cc1. The van der Waals surface area contributed by atoms with E-state index in [-0.39, 0.29) is 5.91 Å². The molecule has 0 unspecified atom stereocenters. The van der Waals surface area contributed by atoms with E-state index in [2.05, 4.69) is 12.2 Å². The second-order valence-corrected chi connectivity index (χ2v) is 5.64. The van der Waals surface area contributed by atoms with Crippen LogP contribution in [0.25, 0.3) is 0 Å². The van der Waals surface area contributed by atoms with Gasteiger partial charge in [0.1, 0.15) is 5.75 Å². The first kappa shape index (κ1) is 13.3. The van der Waals surface area contributed by atoms with Crippen LogP contribution in [0.15, 0.2) is 29.2 Å². The van der Waals surface area contributed by atoms with Crippen LogP contribution in [-0.2, 0) is 4.79 Å². The van der Waals surface area contributed by atoms with Crippen LogP contribution >= 0.6 is 11.8 Å². The van der Waals surface area contributed by atoms with Crippen molar-refractivity contribution in [1.82, 2.24) is 5.32 Å². The molecule has 0 aliphatic heterocycles. The van der Waals surface area contributed by atoms with Crippen LogP contribution in [0.1, 0.15) is 20.3 Å². The molecular weight excluding hydrogens is 246 g/mol. The minimum absolute atomic E-state index is 0.0294. The maximum atomic E-state index is 11.8. The smallest absolute Gasteiger partial charge is 0.261 e. The van der Waals surface area contributed by atoms with Crippen molar-refractivity contribution in [2.45, 2.75) is 37.3 Å². The molecule has 1 aliphatic rings. The standard InChI is InChI=1S/C14H19NO2S/c1-9-8-13(9)15-14(16)10(2)17-11-4-6-12(18-3)7-5-11/h4-7,9-10,13H,8H2,1-3H3,(H,15,16)/t9-,10+,13-/m0/s1. The van der Waals surface area contributed by atoms with E-state index in [1.807, 2.05) is 30.5 Å². The number of carbonyl (C=O) groups excluding carboxylic acids is 1. The van der Waals surface area contributed by atoms with E-state index >= 15 is 0 Å². The molecular formula is C14H19NO2S. The Morgan fingerprint density at radius 3 is 2.56 bits per heavy atom. The van der Waals surface area contributed by atoms with Gasteiger partial charge >= 0.3 is 0 Å². The number of nitrogens with one attached hydrogen (secondary N) is 1. The summed E-state index contributed by atoms with van der Waals surface area (Å²) in [4.78, 5) is 13.0. The summed E-state index contributed by atoms with van der Waals surface area (Å²) in [6, 6.07) is 8.13. The van der Waals surface area contributed by atoms with Crippen LogP contribution in [0.4, 0.5) is 0 Å². The van der Waals surface area contributed by atoms with Crippen molar-refractivity contribution in [3.05, 3.63) is 24.3 Å². The zero-order valence-corrected chi connectivity index (χ0v) is 11.8. The molecule has 1 N–H and O–H groups in total. The van der Waals surface area contributed by atoms with Gasteiger partial charge < -0.3 is 10.1 Å². The number of rotatable bonds is 5. The molecule has 2 rings (SSSR count). The van der Waals surface area contributed by atoms with Gasteiger partial charge in [-0.25, -0.2) is 0 Å². The summed E-state index contributed by atoms with van der Waals surface area (Å²) in [6.45, 7) is 3.92. The summed E-state index contributed by atoms with van der Waals surface area (Å²) in [5.41, 5.74) is 0. The minimum atomic E-state index is -0.446. The molecule has 0 bridgehead atoms. The number of ether oxygens (including phenoxy) is 1. The molecule has 18 heavy (non-hydrogen) atoms. The van der Waals surface area contributed by atoms with Crippen molar-refractivity contribution in [3.8, 4) is 5.75 Å². The van der Waals surface area contributed by atoms with Crippen molar-refractivity contribution < 1.29 is 9.53 Å². The first-order chi connectivity index (χ1) is 8.60. The topological polar surface area (TPSA) is 38.3 Å². The third kappa shape index (κ3) is 3.42. The Morgan fingerprint density at radius 1 is 1.44 bits per heavy atom. The zero-order chi connectivity index (χ0) is 13.1. The average molecular weight is 265 g/mol. The minimum Gasteiger partial charge on any atom is -0.481 e. The van der Waals surface area contributed by atoms with Gasteiger partial charge in [-0.2, -0.15) is 0 Å². The molecule has 1 amide bonds. The Kier molecular flexibility index (Phi) is 4.17. The van der Waals surface area contributed by atoms with E-state index in [0.717, 1.165) is 12.2 Å². The quantitative estimate of drug-likeness (QED) is 0.832. The van der Waals surface area contributed by atoms with Gasteiger partial charge in [-0.1, -0.05) is 6.92 Å². The Hall–Kier alpha value is -1.16. The lowest BCUT2D eigenvalue weighted by molar-refractivity contribution is -0.127. The lowest BCUT2D eigenvalue weighted by atomic mass is 10.3. The Balaban J connectivity index is 1.85. The van der Waals surface area contributed by atoms with Crippen LogP contribution in [0, 0.1) is 5.92 Å². The van der Waals surface area contributed by atoms with Gasteiger partial charge in [-0.15, -0.1) is 11.8 Å². The van der Waals surface area contributed by atoms with E-state index in [1.165, 1.54) is 4.90 Å². The van der Waals surface area contributed by atoms with E-state index < -0.39 is 6.10 Å². The van der Waals surface area contributed by atoms with E-state index in [4.69, 9.17) is 4.74 Å². The number of hydrogen-bond acceptors (Lipinski definition) is 3. The van der Waals surface area contributed by atoms with Crippen molar-refractivity contribution in [2.24, 2.45) is 5.92 Å². The summed E-state index contributed by atoms with van der Waals surface area (Å²) in [7, 11) is 0. The molecule has 0 saturated heterocycles. The van der Waals surface area contributed by atoms with E-state index in [1.54, 1.807) is 18.7 Å². The molecule has 3 nitrogen and oxygen atoms in total. The lowest BCUT2D eigenvalue weighted by Gasteiger charge is -2.14. The van der Waals surface area contributed by atoms with Gasteiger partial charge in [-0.05, 0) is 49.8 Å². The molecule has 1 aromatic rings. The second kappa shape index (κ2) is 5.65. The highest BCUT2D eigenvalue weighted by Crippen LogP contribution is 2.29. The van der Waals surface area contributed by atoms with Crippen LogP contribution in [-0.4, -0.2) is 24.3 Å². The van der Waals surface area contributed by atoms with Crippen LogP contribution in [0.5, 0.6) is 5.75 Å². The van der Waals surface area contributed by atoms with Gasteiger partial charge in [0.25, 0.3) is 5.91 Å². The van der Waals surface area contributed by atoms with Gasteiger partial charge in [0.05, 0.1) is 0 Å². The van der Waals surface area contributed by atoms with Crippen molar-refractivity contribution >= 4 is 17.7 Å². The molecule has 1 fully saturated rings. The number of amides is 1. The predicted octanol–water partition coefficient (Wildman–Crippen LogP) is 2.70. The monoisotopic (exact) mass is 265 g/mol. The van der Waals surface area contributed by atoms with Gasteiger partial charge in [0.2, 0.25) is 0 Å². The van der Waals surface area contributed by atoms with Crippen LogP contribution in [0.3, 0.4) is 0 Å². The third-order valence-corrected chi connectivity index (χ3v) is 3.92. The molecule has 0 spiro atoms.